The second kappa shape index (κ2) is 4.34. The van der Waals surface area contributed by atoms with Gasteiger partial charge in [0.15, 0.2) is 0 Å². The molecule has 1 aromatic carbocycles. The van der Waals surface area contributed by atoms with Gasteiger partial charge in [-0.15, -0.1) is 0 Å². The van der Waals surface area contributed by atoms with Gasteiger partial charge in [-0.1, -0.05) is 12.1 Å². The monoisotopic (exact) mass is 232 g/mol. The summed E-state index contributed by atoms with van der Waals surface area (Å²) in [6.45, 7) is 4.26. The normalized spacial score (nSPS) is 10.8. The van der Waals surface area contributed by atoms with Gasteiger partial charge in [-0.25, -0.2) is 0 Å². The Morgan fingerprint density at radius 1 is 1.19 bits per heavy atom. The van der Waals surface area contributed by atoms with E-state index in [0.717, 1.165) is 11.4 Å². The molecule has 0 saturated heterocycles. The molecular weight excluding hydrogens is 216 g/mol. The number of nitrogens with zero attached hydrogens (tertiary/aromatic N) is 2. The Bertz CT molecular complexity index is 515. The summed E-state index contributed by atoms with van der Waals surface area (Å²) in [5.41, 5.74) is 6.00. The van der Waals surface area contributed by atoms with E-state index in [-0.39, 0.29) is 0 Å². The third kappa shape index (κ3) is 2.00. The summed E-state index contributed by atoms with van der Waals surface area (Å²) >= 11 is 4.24. The third-order valence-corrected chi connectivity index (χ3v) is 3.22. The number of aromatic nitrogens is 2. The number of rotatable bonds is 2. The minimum Gasteiger partial charge on any atom is -0.268 e. The Morgan fingerprint density at radius 3 is 2.50 bits per heavy atom. The zero-order chi connectivity index (χ0) is 11.7. The van der Waals surface area contributed by atoms with Crippen molar-refractivity contribution in [3.8, 4) is 11.3 Å². The molecule has 16 heavy (non-hydrogen) atoms. The lowest BCUT2D eigenvalue weighted by molar-refractivity contribution is 0.762. The van der Waals surface area contributed by atoms with Crippen molar-refractivity contribution in [3.63, 3.8) is 0 Å². The van der Waals surface area contributed by atoms with Crippen LogP contribution in [0.15, 0.2) is 24.3 Å². The fourth-order valence-electron chi connectivity index (χ4n) is 1.77. The zero-order valence-electron chi connectivity index (χ0n) is 9.86. The highest BCUT2D eigenvalue weighted by molar-refractivity contribution is 7.79. The van der Waals surface area contributed by atoms with Crippen LogP contribution in [0.25, 0.3) is 11.3 Å². The average molecular weight is 232 g/mol. The van der Waals surface area contributed by atoms with E-state index in [1.54, 1.807) is 0 Å². The SMILES string of the molecule is Cc1ccc(-c2cc(CS)nn2C)cc1C. The standard InChI is InChI=1S/C13H16N2S/c1-9-4-5-11(6-10(9)2)13-7-12(8-16)14-15(13)3/h4-7,16H,8H2,1-3H3. The molecule has 0 fully saturated rings. The van der Waals surface area contributed by atoms with E-state index in [9.17, 15) is 0 Å². The van der Waals surface area contributed by atoms with Crippen LogP contribution in [0.2, 0.25) is 0 Å². The highest BCUT2D eigenvalue weighted by Gasteiger charge is 2.07. The largest absolute Gasteiger partial charge is 0.268 e. The van der Waals surface area contributed by atoms with Crippen molar-refractivity contribution in [3.05, 3.63) is 41.1 Å². The molecule has 1 aromatic heterocycles. The van der Waals surface area contributed by atoms with E-state index in [1.165, 1.54) is 16.7 Å². The Morgan fingerprint density at radius 2 is 1.94 bits per heavy atom. The molecule has 0 spiro atoms. The second-order valence-corrected chi connectivity index (χ2v) is 4.42. The van der Waals surface area contributed by atoms with Gasteiger partial charge >= 0.3 is 0 Å². The first-order valence-corrected chi connectivity index (χ1v) is 5.96. The second-order valence-electron chi connectivity index (χ2n) is 4.10. The molecule has 2 nitrogen and oxygen atoms in total. The van der Waals surface area contributed by atoms with Gasteiger partial charge in [0.2, 0.25) is 0 Å². The van der Waals surface area contributed by atoms with E-state index >= 15 is 0 Å². The molecular formula is C13H16N2S. The molecule has 0 atom stereocenters. The Hall–Kier alpha value is -1.22. The highest BCUT2D eigenvalue weighted by atomic mass is 32.1. The molecule has 0 aliphatic heterocycles. The fourth-order valence-corrected chi connectivity index (χ4v) is 1.93. The predicted octanol–water partition coefficient (Wildman–Crippen LogP) is 3.13. The number of hydrogen-bond donors (Lipinski definition) is 1. The van der Waals surface area contributed by atoms with Crippen LogP contribution in [0.5, 0.6) is 0 Å². The van der Waals surface area contributed by atoms with Crippen LogP contribution in [-0.4, -0.2) is 9.78 Å². The maximum absolute atomic E-state index is 4.40. The molecule has 0 aliphatic carbocycles. The summed E-state index contributed by atoms with van der Waals surface area (Å²) in [7, 11) is 1.97. The van der Waals surface area contributed by atoms with Crippen LogP contribution in [0, 0.1) is 13.8 Å². The molecule has 2 aromatic rings. The maximum atomic E-state index is 4.40. The van der Waals surface area contributed by atoms with Crippen LogP contribution < -0.4 is 0 Å². The molecule has 0 amide bonds. The van der Waals surface area contributed by atoms with Crippen LogP contribution in [-0.2, 0) is 12.8 Å². The minimum absolute atomic E-state index is 0.679. The van der Waals surface area contributed by atoms with E-state index < -0.39 is 0 Å². The lowest BCUT2D eigenvalue weighted by atomic mass is 10.0. The summed E-state index contributed by atoms with van der Waals surface area (Å²) in [4.78, 5) is 0. The smallest absolute Gasteiger partial charge is 0.0727 e. The Balaban J connectivity index is 2.49. The number of hydrogen-bond acceptors (Lipinski definition) is 2. The van der Waals surface area contributed by atoms with Crippen molar-refractivity contribution in [2.24, 2.45) is 7.05 Å². The van der Waals surface area contributed by atoms with E-state index in [1.807, 2.05) is 11.7 Å². The first kappa shape index (κ1) is 11.3. The van der Waals surface area contributed by atoms with Gasteiger partial charge < -0.3 is 0 Å². The van der Waals surface area contributed by atoms with E-state index in [0.29, 0.717) is 5.75 Å². The molecule has 0 bridgehead atoms. The molecule has 0 radical (unpaired) electrons. The molecule has 84 valence electrons. The van der Waals surface area contributed by atoms with Crippen LogP contribution in [0.3, 0.4) is 0 Å². The molecule has 0 saturated carbocycles. The number of aryl methyl sites for hydroxylation is 3. The molecule has 0 unspecified atom stereocenters. The van der Waals surface area contributed by atoms with E-state index in [4.69, 9.17) is 0 Å². The first-order valence-electron chi connectivity index (χ1n) is 5.33. The fraction of sp³-hybridized carbons (Fsp3) is 0.308. The third-order valence-electron chi connectivity index (χ3n) is 2.90. The van der Waals surface area contributed by atoms with Gasteiger partial charge in [-0.3, -0.25) is 4.68 Å². The lowest BCUT2D eigenvalue weighted by Gasteiger charge is -2.05. The predicted molar refractivity (Wildman–Crippen MR) is 70.8 cm³/mol. The molecule has 2 rings (SSSR count). The minimum atomic E-state index is 0.679. The van der Waals surface area contributed by atoms with Crippen LogP contribution in [0.4, 0.5) is 0 Å². The summed E-state index contributed by atoms with van der Waals surface area (Å²) < 4.78 is 1.91. The number of benzene rings is 1. The van der Waals surface area contributed by atoms with Crippen molar-refractivity contribution < 1.29 is 0 Å². The summed E-state index contributed by atoms with van der Waals surface area (Å²) in [5.74, 6) is 0.679. The van der Waals surface area contributed by atoms with Gasteiger partial charge in [0, 0.05) is 18.4 Å². The number of thiol groups is 1. The van der Waals surface area contributed by atoms with Crippen LogP contribution >= 0.6 is 12.6 Å². The Labute approximate surface area is 102 Å². The average Bonchev–Trinajstić information content (AvgIpc) is 2.64. The summed E-state index contributed by atoms with van der Waals surface area (Å²) in [6, 6.07) is 8.59. The van der Waals surface area contributed by atoms with E-state index in [2.05, 4.69) is 55.8 Å². The first-order chi connectivity index (χ1) is 7.61. The molecule has 0 aliphatic rings. The summed E-state index contributed by atoms with van der Waals surface area (Å²) in [6.07, 6.45) is 0. The van der Waals surface area contributed by atoms with Crippen molar-refractivity contribution in [2.45, 2.75) is 19.6 Å². The van der Waals surface area contributed by atoms with Gasteiger partial charge in [0.05, 0.1) is 11.4 Å². The molecule has 0 N–H and O–H groups in total. The van der Waals surface area contributed by atoms with Crippen molar-refractivity contribution in [2.75, 3.05) is 0 Å². The lowest BCUT2D eigenvalue weighted by Crippen LogP contribution is -1.94. The van der Waals surface area contributed by atoms with Gasteiger partial charge in [0.1, 0.15) is 0 Å². The van der Waals surface area contributed by atoms with Gasteiger partial charge in [0.25, 0.3) is 0 Å². The molecule has 1 heterocycles. The van der Waals surface area contributed by atoms with Crippen molar-refractivity contribution >= 4 is 12.6 Å². The molecule has 3 heteroatoms. The Kier molecular flexibility index (Phi) is 3.06. The van der Waals surface area contributed by atoms with Gasteiger partial charge in [-0.2, -0.15) is 17.7 Å². The highest BCUT2D eigenvalue weighted by Crippen LogP contribution is 2.22. The zero-order valence-corrected chi connectivity index (χ0v) is 10.8. The summed E-state index contributed by atoms with van der Waals surface area (Å²) in [5, 5.41) is 4.40. The van der Waals surface area contributed by atoms with Crippen LogP contribution in [0.1, 0.15) is 16.8 Å². The van der Waals surface area contributed by atoms with Crippen molar-refractivity contribution in [1.29, 1.82) is 0 Å². The quantitative estimate of drug-likeness (QED) is 0.788. The van der Waals surface area contributed by atoms with Crippen molar-refractivity contribution in [1.82, 2.24) is 9.78 Å². The topological polar surface area (TPSA) is 17.8 Å². The maximum Gasteiger partial charge on any atom is 0.0727 e. The van der Waals surface area contributed by atoms with Gasteiger partial charge in [-0.05, 0) is 37.1 Å².